The van der Waals surface area contributed by atoms with Gasteiger partial charge in [-0.15, -0.1) is 0 Å². The Hall–Kier alpha value is -2.41. The van der Waals surface area contributed by atoms with Crippen molar-refractivity contribution in [3.05, 3.63) is 59.4 Å². The molecule has 0 amide bonds. The summed E-state index contributed by atoms with van der Waals surface area (Å²) >= 11 is 0. The number of hydrogen-bond donors (Lipinski definition) is 0. The van der Waals surface area contributed by atoms with E-state index in [-0.39, 0.29) is 17.7 Å². The van der Waals surface area contributed by atoms with Crippen LogP contribution in [0.2, 0.25) is 0 Å². The van der Waals surface area contributed by atoms with Gasteiger partial charge in [-0.3, -0.25) is 9.10 Å². The van der Waals surface area contributed by atoms with E-state index < -0.39 is 27.9 Å². The van der Waals surface area contributed by atoms with Gasteiger partial charge in [0, 0.05) is 0 Å². The highest BCUT2D eigenvalue weighted by molar-refractivity contribution is 7.92. The van der Waals surface area contributed by atoms with E-state index in [2.05, 4.69) is 4.74 Å². The minimum Gasteiger partial charge on any atom is -0.469 e. The Kier molecular flexibility index (Phi) is 4.51. The van der Waals surface area contributed by atoms with E-state index in [0.717, 1.165) is 5.56 Å². The van der Waals surface area contributed by atoms with Crippen LogP contribution in [0.15, 0.2) is 47.4 Å². The van der Waals surface area contributed by atoms with E-state index in [1.807, 2.05) is 6.92 Å². The van der Waals surface area contributed by atoms with Crippen molar-refractivity contribution < 1.29 is 22.3 Å². The first-order chi connectivity index (χ1) is 11.8. The van der Waals surface area contributed by atoms with E-state index in [1.165, 1.54) is 41.7 Å². The topological polar surface area (TPSA) is 63.7 Å². The van der Waals surface area contributed by atoms with Gasteiger partial charge in [0.15, 0.2) is 0 Å². The fourth-order valence-electron chi connectivity index (χ4n) is 3.05. The van der Waals surface area contributed by atoms with Crippen LogP contribution in [-0.4, -0.2) is 27.5 Å². The second-order valence-electron chi connectivity index (χ2n) is 6.03. The fourth-order valence-corrected chi connectivity index (χ4v) is 4.73. The van der Waals surface area contributed by atoms with Gasteiger partial charge < -0.3 is 4.74 Å². The minimum atomic E-state index is -3.88. The van der Waals surface area contributed by atoms with E-state index >= 15 is 0 Å². The summed E-state index contributed by atoms with van der Waals surface area (Å²) in [6.07, 6.45) is 0.158. The van der Waals surface area contributed by atoms with E-state index in [4.69, 9.17) is 0 Å². The van der Waals surface area contributed by atoms with Crippen molar-refractivity contribution in [3.8, 4) is 0 Å². The molecule has 1 aliphatic rings. The zero-order valence-corrected chi connectivity index (χ0v) is 14.7. The summed E-state index contributed by atoms with van der Waals surface area (Å²) in [7, 11) is -2.63. The molecule has 25 heavy (non-hydrogen) atoms. The number of benzene rings is 2. The van der Waals surface area contributed by atoms with E-state index in [0.29, 0.717) is 11.3 Å². The Labute approximate surface area is 146 Å². The molecule has 1 atom stereocenters. The van der Waals surface area contributed by atoms with Gasteiger partial charge in [-0.2, -0.15) is 0 Å². The number of carbonyl (C=O) groups is 1. The second-order valence-corrected chi connectivity index (χ2v) is 7.84. The largest absolute Gasteiger partial charge is 0.469 e. The third kappa shape index (κ3) is 3.24. The normalized spacial score (nSPS) is 16.6. The molecule has 2 aromatic carbocycles. The Morgan fingerprint density at radius 1 is 1.24 bits per heavy atom. The highest BCUT2D eigenvalue weighted by Gasteiger charge is 2.39. The number of aryl methyl sites for hydroxylation is 1. The third-order valence-electron chi connectivity index (χ3n) is 4.27. The maximum atomic E-state index is 13.5. The lowest BCUT2D eigenvalue weighted by Gasteiger charge is -2.26. The van der Waals surface area contributed by atoms with Crippen LogP contribution in [0.3, 0.4) is 0 Å². The standard InChI is InChI=1S/C18H18FNO4S/c1-12-3-6-16(7-4-12)25(22,23)20-15(11-18(21)24-2)10-13-9-14(19)5-8-17(13)20/h3-9,15H,10-11H2,1-2H3/t15-/m0/s1. The van der Waals surface area contributed by atoms with Gasteiger partial charge >= 0.3 is 5.97 Å². The van der Waals surface area contributed by atoms with Crippen LogP contribution in [-0.2, 0) is 26.0 Å². The van der Waals surface area contributed by atoms with Crippen LogP contribution in [0.5, 0.6) is 0 Å². The Morgan fingerprint density at radius 3 is 2.56 bits per heavy atom. The van der Waals surface area contributed by atoms with Gasteiger partial charge in [-0.25, -0.2) is 12.8 Å². The molecule has 2 aromatic rings. The van der Waals surface area contributed by atoms with Crippen LogP contribution in [0.4, 0.5) is 10.1 Å². The zero-order chi connectivity index (χ0) is 18.2. The molecule has 7 heteroatoms. The van der Waals surface area contributed by atoms with Crippen molar-refractivity contribution >= 4 is 21.7 Å². The molecule has 0 saturated carbocycles. The molecule has 0 aromatic heterocycles. The smallest absolute Gasteiger partial charge is 0.307 e. The maximum absolute atomic E-state index is 13.5. The van der Waals surface area contributed by atoms with Crippen LogP contribution >= 0.6 is 0 Å². The first-order valence-electron chi connectivity index (χ1n) is 7.79. The summed E-state index contributed by atoms with van der Waals surface area (Å²) < 4.78 is 45.8. The Balaban J connectivity index is 2.08. The number of halogens is 1. The van der Waals surface area contributed by atoms with Crippen LogP contribution in [0.1, 0.15) is 17.5 Å². The lowest BCUT2D eigenvalue weighted by atomic mass is 10.1. The number of rotatable bonds is 4. The van der Waals surface area contributed by atoms with Gasteiger partial charge in [-0.05, 0) is 49.2 Å². The van der Waals surface area contributed by atoms with Crippen LogP contribution in [0, 0.1) is 12.7 Å². The van der Waals surface area contributed by atoms with Crippen molar-refractivity contribution in [2.75, 3.05) is 11.4 Å². The van der Waals surface area contributed by atoms with Gasteiger partial charge in [0.25, 0.3) is 10.0 Å². The minimum absolute atomic E-state index is 0.0993. The SMILES string of the molecule is COC(=O)C[C@@H]1Cc2cc(F)ccc2N1S(=O)(=O)c1ccc(C)cc1. The number of methoxy groups -OCH3 is 1. The highest BCUT2D eigenvalue weighted by atomic mass is 32.2. The number of fused-ring (bicyclic) bond motifs is 1. The van der Waals surface area contributed by atoms with Gasteiger partial charge in [0.1, 0.15) is 5.82 Å². The van der Waals surface area contributed by atoms with Gasteiger partial charge in [-0.1, -0.05) is 17.7 Å². The Morgan fingerprint density at radius 2 is 1.92 bits per heavy atom. The molecule has 0 fully saturated rings. The summed E-state index contributed by atoms with van der Waals surface area (Å²) in [5.74, 6) is -0.951. The molecule has 3 rings (SSSR count). The number of hydrogen-bond acceptors (Lipinski definition) is 4. The molecule has 0 N–H and O–H groups in total. The fraction of sp³-hybridized carbons (Fsp3) is 0.278. The molecule has 0 aliphatic carbocycles. The molecular weight excluding hydrogens is 345 g/mol. The predicted octanol–water partition coefficient (Wildman–Crippen LogP) is 2.82. The third-order valence-corrected chi connectivity index (χ3v) is 6.15. The second kappa shape index (κ2) is 6.48. The van der Waals surface area contributed by atoms with Crippen LogP contribution < -0.4 is 4.31 Å². The van der Waals surface area contributed by atoms with Crippen molar-refractivity contribution in [2.24, 2.45) is 0 Å². The molecule has 132 valence electrons. The number of anilines is 1. The first-order valence-corrected chi connectivity index (χ1v) is 9.23. The summed E-state index contributed by atoms with van der Waals surface area (Å²) in [4.78, 5) is 11.9. The average Bonchev–Trinajstić information content (AvgIpc) is 2.92. The number of esters is 1. The molecule has 0 spiro atoms. The summed E-state index contributed by atoms with van der Waals surface area (Å²) in [5, 5.41) is 0. The van der Waals surface area contributed by atoms with Crippen molar-refractivity contribution in [1.82, 2.24) is 0 Å². The predicted molar refractivity (Wildman–Crippen MR) is 91.4 cm³/mol. The zero-order valence-electron chi connectivity index (χ0n) is 13.9. The summed E-state index contributed by atoms with van der Waals surface area (Å²) in [6.45, 7) is 1.87. The molecule has 0 saturated heterocycles. The quantitative estimate of drug-likeness (QED) is 0.784. The van der Waals surface area contributed by atoms with Crippen LogP contribution in [0.25, 0.3) is 0 Å². The number of carbonyl (C=O) groups excluding carboxylic acids is 1. The molecule has 0 bridgehead atoms. The number of nitrogens with zero attached hydrogens (tertiary/aromatic N) is 1. The lowest BCUT2D eigenvalue weighted by molar-refractivity contribution is -0.140. The lowest BCUT2D eigenvalue weighted by Crippen LogP contribution is -2.39. The molecule has 0 radical (unpaired) electrons. The van der Waals surface area contributed by atoms with E-state index in [1.54, 1.807) is 12.1 Å². The number of ether oxygens (including phenoxy) is 1. The molecular formula is C18H18FNO4S. The molecule has 0 unspecified atom stereocenters. The Bertz CT molecular complexity index is 909. The van der Waals surface area contributed by atoms with E-state index in [9.17, 15) is 17.6 Å². The highest BCUT2D eigenvalue weighted by Crippen LogP contribution is 2.38. The van der Waals surface area contributed by atoms with Crippen molar-refractivity contribution in [1.29, 1.82) is 0 Å². The summed E-state index contributed by atoms with van der Waals surface area (Å²) in [6, 6.07) is 9.81. The van der Waals surface area contributed by atoms with Gasteiger partial charge in [0.05, 0.1) is 30.2 Å². The molecule has 1 heterocycles. The maximum Gasteiger partial charge on any atom is 0.307 e. The van der Waals surface area contributed by atoms with Crippen molar-refractivity contribution in [2.45, 2.75) is 30.7 Å². The average molecular weight is 363 g/mol. The molecule has 5 nitrogen and oxygen atoms in total. The van der Waals surface area contributed by atoms with Crippen molar-refractivity contribution in [3.63, 3.8) is 0 Å². The first kappa shape index (κ1) is 17.4. The summed E-state index contributed by atoms with van der Waals surface area (Å²) in [5.41, 5.74) is 1.90. The molecule has 1 aliphatic heterocycles. The van der Waals surface area contributed by atoms with Gasteiger partial charge in [0.2, 0.25) is 0 Å². The number of sulfonamides is 1. The monoisotopic (exact) mass is 363 g/mol.